The number of carbonyl (C=O) groups excluding carboxylic acids is 1. The fraction of sp³-hybridized carbons (Fsp3) is 0.529. The summed E-state index contributed by atoms with van der Waals surface area (Å²) in [6, 6.07) is 6.81. The average molecular weight is 356 g/mol. The number of piperidine rings is 1. The molecule has 3 N–H and O–H groups in total. The van der Waals surface area contributed by atoms with Crippen LogP contribution in [0.4, 0.5) is 0 Å². The fourth-order valence-corrected chi connectivity index (χ4v) is 2.93. The Balaban J connectivity index is 0.00000288. The summed E-state index contributed by atoms with van der Waals surface area (Å²) in [6.45, 7) is 3.00. The number of nitrogens with one attached hydrogen (secondary N) is 1. The topological polar surface area (TPSA) is 88.6 Å². The summed E-state index contributed by atoms with van der Waals surface area (Å²) in [5, 5.41) is 7.18. The maximum Gasteiger partial charge on any atom is 0.321 e. The van der Waals surface area contributed by atoms with Gasteiger partial charge in [0.1, 0.15) is 5.75 Å². The minimum Gasteiger partial charge on any atom is -0.497 e. The first-order chi connectivity index (χ1) is 11.1. The molecule has 1 heterocycles. The van der Waals surface area contributed by atoms with Crippen molar-refractivity contribution in [1.29, 1.82) is 5.41 Å². The quantitative estimate of drug-likeness (QED) is 0.465. The van der Waals surface area contributed by atoms with Crippen LogP contribution in [0.3, 0.4) is 0 Å². The average Bonchev–Trinajstić information content (AvgIpc) is 2.56. The van der Waals surface area contributed by atoms with Crippen LogP contribution in [-0.4, -0.2) is 43.6 Å². The van der Waals surface area contributed by atoms with Crippen molar-refractivity contribution >= 4 is 24.4 Å². The Labute approximate surface area is 149 Å². The second kappa shape index (κ2) is 10.2. The minimum absolute atomic E-state index is 0. The highest BCUT2D eigenvalue weighted by atomic mass is 35.5. The first kappa shape index (κ1) is 20.3. The third-order valence-corrected chi connectivity index (χ3v) is 4.20. The van der Waals surface area contributed by atoms with Gasteiger partial charge in [-0.05, 0) is 56.6 Å². The summed E-state index contributed by atoms with van der Waals surface area (Å²) >= 11 is 0. The fourth-order valence-electron chi connectivity index (χ4n) is 2.93. The van der Waals surface area contributed by atoms with E-state index < -0.39 is 17.9 Å². The molecule has 1 aliphatic heterocycles. The number of hydrogen-bond acceptors (Lipinski definition) is 5. The van der Waals surface area contributed by atoms with Gasteiger partial charge in [-0.1, -0.05) is 18.6 Å². The van der Waals surface area contributed by atoms with Gasteiger partial charge in [0.15, 0.2) is 0 Å². The maximum absolute atomic E-state index is 12.3. The first-order valence-electron chi connectivity index (χ1n) is 8.02. The number of methoxy groups -OCH3 is 1. The van der Waals surface area contributed by atoms with Gasteiger partial charge in [-0.3, -0.25) is 10.2 Å². The van der Waals surface area contributed by atoms with E-state index in [-0.39, 0.29) is 12.4 Å². The van der Waals surface area contributed by atoms with Gasteiger partial charge in [-0.25, -0.2) is 0 Å². The van der Waals surface area contributed by atoms with Crippen molar-refractivity contribution in [1.82, 2.24) is 4.90 Å². The molecule has 0 saturated carbocycles. The van der Waals surface area contributed by atoms with Crippen molar-refractivity contribution in [2.45, 2.75) is 31.6 Å². The van der Waals surface area contributed by atoms with Crippen LogP contribution in [0.1, 0.15) is 37.2 Å². The number of hydrogen-bond donors (Lipinski definition) is 2. The summed E-state index contributed by atoms with van der Waals surface area (Å²) < 4.78 is 9.99. The molecule has 1 saturated heterocycles. The molecule has 1 fully saturated rings. The Morgan fingerprint density at radius 2 is 1.88 bits per heavy atom. The van der Waals surface area contributed by atoms with Crippen LogP contribution in [-0.2, 0) is 9.53 Å². The summed E-state index contributed by atoms with van der Waals surface area (Å²) in [4.78, 5) is 14.7. The standard InChI is InChI=1S/C17H25N3O3.ClH/c1-22-14-7-5-13(6-8-14)15(16(21)23-17(18)19)9-12-20-10-3-2-4-11-20;/h5-8,15H,2-4,9-12H2,1H3,(H3,18,19);1H. The summed E-state index contributed by atoms with van der Waals surface area (Å²) in [7, 11) is 1.60. The smallest absolute Gasteiger partial charge is 0.321 e. The Kier molecular flexibility index (Phi) is 8.57. The van der Waals surface area contributed by atoms with Crippen LogP contribution >= 0.6 is 12.4 Å². The molecular formula is C17H26ClN3O3. The maximum atomic E-state index is 12.3. The zero-order valence-corrected chi connectivity index (χ0v) is 14.8. The molecule has 1 atom stereocenters. The molecule has 0 spiro atoms. The van der Waals surface area contributed by atoms with Crippen molar-refractivity contribution < 1.29 is 14.3 Å². The van der Waals surface area contributed by atoms with Crippen LogP contribution in [0.2, 0.25) is 0 Å². The zero-order chi connectivity index (χ0) is 16.7. The van der Waals surface area contributed by atoms with E-state index in [9.17, 15) is 4.79 Å². The molecule has 0 radical (unpaired) electrons. The molecule has 0 amide bonds. The predicted octanol–water partition coefficient (Wildman–Crippen LogP) is 2.51. The number of carbonyl (C=O) groups is 1. The van der Waals surface area contributed by atoms with Crippen molar-refractivity contribution in [3.63, 3.8) is 0 Å². The monoisotopic (exact) mass is 355 g/mol. The first-order valence-corrected chi connectivity index (χ1v) is 8.02. The number of likely N-dealkylation sites (tertiary alicyclic amines) is 1. The minimum atomic E-state index is -0.563. The van der Waals surface area contributed by atoms with E-state index in [1.165, 1.54) is 19.3 Å². The molecular weight excluding hydrogens is 330 g/mol. The molecule has 1 unspecified atom stereocenters. The molecule has 1 aromatic rings. The number of ether oxygens (including phenoxy) is 2. The molecule has 6 nitrogen and oxygen atoms in total. The highest BCUT2D eigenvalue weighted by molar-refractivity contribution is 5.89. The Morgan fingerprint density at radius 3 is 2.42 bits per heavy atom. The number of rotatable bonds is 6. The highest BCUT2D eigenvalue weighted by Crippen LogP contribution is 2.25. The molecule has 1 aliphatic rings. The van der Waals surface area contributed by atoms with Crippen molar-refractivity contribution in [2.24, 2.45) is 5.73 Å². The number of halogens is 1. The lowest BCUT2D eigenvalue weighted by Crippen LogP contribution is -2.33. The number of nitrogens with zero attached hydrogens (tertiary/aromatic N) is 1. The molecule has 1 aromatic carbocycles. The van der Waals surface area contributed by atoms with E-state index in [2.05, 4.69) is 4.90 Å². The second-order valence-electron chi connectivity index (χ2n) is 5.80. The van der Waals surface area contributed by atoms with Crippen LogP contribution < -0.4 is 10.5 Å². The van der Waals surface area contributed by atoms with E-state index in [4.69, 9.17) is 20.6 Å². The predicted molar refractivity (Wildman–Crippen MR) is 95.9 cm³/mol. The summed E-state index contributed by atoms with van der Waals surface area (Å²) in [5.74, 6) is -0.158. The number of amidine groups is 1. The Hall–Kier alpha value is -1.79. The molecule has 134 valence electrons. The van der Waals surface area contributed by atoms with Gasteiger partial charge in [-0.2, -0.15) is 0 Å². The Bertz CT molecular complexity index is 530. The zero-order valence-electron chi connectivity index (χ0n) is 14.0. The summed E-state index contributed by atoms with van der Waals surface area (Å²) in [6.07, 6.45) is 4.36. The van der Waals surface area contributed by atoms with E-state index in [1.807, 2.05) is 24.3 Å². The molecule has 2 rings (SSSR count). The number of benzene rings is 1. The molecule has 0 aromatic heterocycles. The number of nitrogens with two attached hydrogens (primary N) is 1. The largest absolute Gasteiger partial charge is 0.497 e. The lowest BCUT2D eigenvalue weighted by atomic mass is 9.95. The van der Waals surface area contributed by atoms with Crippen LogP contribution in [0.25, 0.3) is 0 Å². The van der Waals surface area contributed by atoms with Crippen LogP contribution in [0, 0.1) is 5.41 Å². The van der Waals surface area contributed by atoms with Gasteiger partial charge in [0, 0.05) is 0 Å². The van der Waals surface area contributed by atoms with Gasteiger partial charge in [0.05, 0.1) is 13.0 Å². The second-order valence-corrected chi connectivity index (χ2v) is 5.80. The summed E-state index contributed by atoms with van der Waals surface area (Å²) in [5.41, 5.74) is 6.06. The van der Waals surface area contributed by atoms with Gasteiger partial charge in [0.25, 0.3) is 6.02 Å². The molecule has 7 heteroatoms. The lowest BCUT2D eigenvalue weighted by Gasteiger charge is -2.27. The van der Waals surface area contributed by atoms with Crippen molar-refractivity contribution in [2.75, 3.05) is 26.7 Å². The third-order valence-electron chi connectivity index (χ3n) is 4.20. The van der Waals surface area contributed by atoms with E-state index in [1.54, 1.807) is 7.11 Å². The molecule has 24 heavy (non-hydrogen) atoms. The van der Waals surface area contributed by atoms with E-state index in [0.717, 1.165) is 30.9 Å². The van der Waals surface area contributed by atoms with Gasteiger partial charge in [-0.15, -0.1) is 12.4 Å². The van der Waals surface area contributed by atoms with Gasteiger partial charge < -0.3 is 20.1 Å². The van der Waals surface area contributed by atoms with Gasteiger partial charge in [0.2, 0.25) is 0 Å². The van der Waals surface area contributed by atoms with Gasteiger partial charge >= 0.3 is 5.97 Å². The number of esters is 1. The molecule has 0 aliphatic carbocycles. The lowest BCUT2D eigenvalue weighted by molar-refractivity contribution is -0.137. The SMILES string of the molecule is COc1ccc(C(CCN2CCCCC2)C(=O)OC(=N)N)cc1.Cl. The van der Waals surface area contributed by atoms with E-state index in [0.29, 0.717) is 6.42 Å². The third kappa shape index (κ3) is 6.02. The van der Waals surface area contributed by atoms with Crippen molar-refractivity contribution in [3.05, 3.63) is 29.8 Å². The van der Waals surface area contributed by atoms with Crippen LogP contribution in [0.15, 0.2) is 24.3 Å². The van der Waals surface area contributed by atoms with Crippen LogP contribution in [0.5, 0.6) is 5.75 Å². The van der Waals surface area contributed by atoms with E-state index >= 15 is 0 Å². The normalized spacial score (nSPS) is 15.9. The molecule has 0 bridgehead atoms. The highest BCUT2D eigenvalue weighted by Gasteiger charge is 2.24. The Morgan fingerprint density at radius 1 is 1.25 bits per heavy atom. The van der Waals surface area contributed by atoms with Crippen molar-refractivity contribution in [3.8, 4) is 5.75 Å².